The van der Waals surface area contributed by atoms with E-state index < -0.39 is 5.60 Å². The largest absolute Gasteiger partial charge is 0.381 e. The third-order valence-electron chi connectivity index (χ3n) is 4.84. The third-order valence-corrected chi connectivity index (χ3v) is 4.84. The fraction of sp³-hybridized carbons (Fsp3) is 0.667. The maximum Gasteiger partial charge on any atom is 0.246 e. The second-order valence-corrected chi connectivity index (χ2v) is 6.59. The number of nitrogens with zero attached hydrogens (tertiary/aromatic N) is 3. The van der Waals surface area contributed by atoms with Crippen molar-refractivity contribution in [2.75, 3.05) is 13.1 Å². The van der Waals surface area contributed by atoms with E-state index in [9.17, 15) is 9.90 Å². The first-order valence-corrected chi connectivity index (χ1v) is 7.75. The molecule has 0 spiro atoms. The summed E-state index contributed by atoms with van der Waals surface area (Å²) in [6.07, 6.45) is 8.84. The fourth-order valence-electron chi connectivity index (χ4n) is 3.25. The van der Waals surface area contributed by atoms with Crippen molar-refractivity contribution in [3.8, 4) is 0 Å². The minimum Gasteiger partial charge on any atom is -0.381 e. The van der Waals surface area contributed by atoms with E-state index >= 15 is 0 Å². The zero-order chi connectivity index (χ0) is 14.4. The van der Waals surface area contributed by atoms with E-state index in [2.05, 4.69) is 15.4 Å². The van der Waals surface area contributed by atoms with E-state index in [1.54, 1.807) is 4.90 Å². The van der Waals surface area contributed by atoms with Crippen LogP contribution in [0, 0.1) is 11.8 Å². The second kappa shape index (κ2) is 4.66. The SMILES string of the molecule is O=C(C=C(C1CC1)C1CC1)N1CCC(O)(c2cn[nH]n2)C1. The smallest absolute Gasteiger partial charge is 0.246 e. The van der Waals surface area contributed by atoms with Crippen LogP contribution >= 0.6 is 0 Å². The van der Waals surface area contributed by atoms with Gasteiger partial charge in [-0.2, -0.15) is 15.4 Å². The molecular weight excluding hydrogens is 268 g/mol. The molecule has 112 valence electrons. The van der Waals surface area contributed by atoms with E-state index in [4.69, 9.17) is 0 Å². The Kier molecular flexibility index (Phi) is 2.89. The average molecular weight is 288 g/mol. The maximum absolute atomic E-state index is 12.5. The normalized spacial score (nSPS) is 28.7. The van der Waals surface area contributed by atoms with Crippen LogP contribution in [0.15, 0.2) is 17.8 Å². The molecule has 1 unspecified atom stereocenters. The van der Waals surface area contributed by atoms with Gasteiger partial charge in [-0.15, -0.1) is 0 Å². The fourth-order valence-corrected chi connectivity index (χ4v) is 3.25. The molecule has 1 atom stereocenters. The summed E-state index contributed by atoms with van der Waals surface area (Å²) < 4.78 is 0. The van der Waals surface area contributed by atoms with Gasteiger partial charge < -0.3 is 10.0 Å². The van der Waals surface area contributed by atoms with E-state index in [0.29, 0.717) is 37.0 Å². The summed E-state index contributed by atoms with van der Waals surface area (Å²) in [5, 5.41) is 20.8. The number of aromatic amines is 1. The van der Waals surface area contributed by atoms with Crippen LogP contribution in [0.4, 0.5) is 0 Å². The number of β-amino-alcohol motifs (C(OH)–C–C–N with tert-alkyl or cyclic N) is 1. The minimum absolute atomic E-state index is 0.0446. The van der Waals surface area contributed by atoms with Gasteiger partial charge in [0.25, 0.3) is 0 Å². The molecule has 1 aromatic heterocycles. The molecule has 0 radical (unpaired) electrons. The monoisotopic (exact) mass is 288 g/mol. The van der Waals surface area contributed by atoms with Crippen molar-refractivity contribution in [1.29, 1.82) is 0 Å². The number of rotatable bonds is 4. The first-order chi connectivity index (χ1) is 10.2. The molecule has 21 heavy (non-hydrogen) atoms. The van der Waals surface area contributed by atoms with Gasteiger partial charge in [-0.3, -0.25) is 4.79 Å². The minimum atomic E-state index is -1.06. The number of aromatic nitrogens is 3. The number of allylic oxidation sites excluding steroid dienone is 1. The van der Waals surface area contributed by atoms with Crippen LogP contribution in [-0.4, -0.2) is 44.4 Å². The quantitative estimate of drug-likeness (QED) is 0.809. The van der Waals surface area contributed by atoms with Crippen molar-refractivity contribution in [3.63, 3.8) is 0 Å². The molecule has 1 aliphatic heterocycles. The third kappa shape index (κ3) is 2.48. The van der Waals surface area contributed by atoms with Crippen molar-refractivity contribution < 1.29 is 9.90 Å². The van der Waals surface area contributed by atoms with Gasteiger partial charge in [-0.05, 0) is 37.5 Å². The molecule has 4 rings (SSSR count). The molecule has 2 saturated carbocycles. The molecule has 3 fully saturated rings. The highest BCUT2D eigenvalue weighted by atomic mass is 16.3. The lowest BCUT2D eigenvalue weighted by Gasteiger charge is -2.20. The highest BCUT2D eigenvalue weighted by Crippen LogP contribution is 2.48. The number of hydrogen-bond acceptors (Lipinski definition) is 4. The average Bonchev–Trinajstić information content (AvgIpc) is 3.39. The zero-order valence-corrected chi connectivity index (χ0v) is 12.0. The van der Waals surface area contributed by atoms with Crippen LogP contribution in [0.1, 0.15) is 37.8 Å². The molecule has 6 nitrogen and oxygen atoms in total. The van der Waals surface area contributed by atoms with Crippen LogP contribution < -0.4 is 0 Å². The molecule has 2 heterocycles. The number of carbonyl (C=O) groups is 1. The van der Waals surface area contributed by atoms with Gasteiger partial charge in [0, 0.05) is 19.0 Å². The molecule has 1 amide bonds. The first-order valence-electron chi connectivity index (χ1n) is 7.75. The zero-order valence-electron chi connectivity index (χ0n) is 12.0. The Balaban J connectivity index is 1.47. The molecule has 1 aromatic rings. The number of hydrogen-bond donors (Lipinski definition) is 2. The number of likely N-dealkylation sites (tertiary alicyclic amines) is 1. The summed E-state index contributed by atoms with van der Waals surface area (Å²) in [6, 6.07) is 0. The lowest BCUT2D eigenvalue weighted by Crippen LogP contribution is -2.34. The highest BCUT2D eigenvalue weighted by molar-refractivity contribution is 5.89. The van der Waals surface area contributed by atoms with Gasteiger partial charge in [0.05, 0.1) is 12.7 Å². The van der Waals surface area contributed by atoms with Gasteiger partial charge >= 0.3 is 0 Å². The summed E-state index contributed by atoms with van der Waals surface area (Å²) in [7, 11) is 0. The van der Waals surface area contributed by atoms with Crippen molar-refractivity contribution >= 4 is 5.91 Å². The molecule has 0 bridgehead atoms. The van der Waals surface area contributed by atoms with Crippen molar-refractivity contribution in [1.82, 2.24) is 20.3 Å². The predicted molar refractivity (Wildman–Crippen MR) is 75.0 cm³/mol. The summed E-state index contributed by atoms with van der Waals surface area (Å²) >= 11 is 0. The Morgan fingerprint density at radius 3 is 2.67 bits per heavy atom. The lowest BCUT2D eigenvalue weighted by atomic mass is 10.00. The number of H-pyrrole nitrogens is 1. The first kappa shape index (κ1) is 13.0. The van der Waals surface area contributed by atoms with Crippen molar-refractivity contribution in [2.24, 2.45) is 11.8 Å². The van der Waals surface area contributed by atoms with Crippen LogP contribution in [-0.2, 0) is 10.4 Å². The van der Waals surface area contributed by atoms with Crippen LogP contribution in [0.25, 0.3) is 0 Å². The van der Waals surface area contributed by atoms with Crippen molar-refractivity contribution in [2.45, 2.75) is 37.7 Å². The topological polar surface area (TPSA) is 82.1 Å². The molecule has 6 heteroatoms. The Morgan fingerprint density at radius 1 is 1.38 bits per heavy atom. The number of aliphatic hydroxyl groups is 1. The van der Waals surface area contributed by atoms with E-state index in [1.807, 2.05) is 6.08 Å². The second-order valence-electron chi connectivity index (χ2n) is 6.59. The van der Waals surface area contributed by atoms with Crippen molar-refractivity contribution in [3.05, 3.63) is 23.5 Å². The van der Waals surface area contributed by atoms with Gasteiger partial charge in [0.15, 0.2) is 0 Å². The Labute approximate surface area is 123 Å². The Hall–Kier alpha value is -1.69. The Morgan fingerprint density at radius 2 is 2.10 bits per heavy atom. The molecule has 3 aliphatic rings. The maximum atomic E-state index is 12.5. The summed E-state index contributed by atoms with van der Waals surface area (Å²) in [6.45, 7) is 0.874. The molecule has 2 aliphatic carbocycles. The van der Waals surface area contributed by atoms with Gasteiger partial charge in [-0.25, -0.2) is 0 Å². The molecule has 2 N–H and O–H groups in total. The Bertz CT molecular complexity index is 561. The predicted octanol–water partition coefficient (Wildman–Crippen LogP) is 0.971. The standard InChI is InChI=1S/C15H20N4O2/c20-14(7-12(10-1-2-10)11-3-4-11)19-6-5-15(21,9-19)13-8-16-18-17-13/h7-8,10-11,21H,1-6,9H2,(H,16,17,18). The molecule has 0 aromatic carbocycles. The number of nitrogens with one attached hydrogen (secondary N) is 1. The van der Waals surface area contributed by atoms with Gasteiger partial charge in [0.2, 0.25) is 5.91 Å². The van der Waals surface area contributed by atoms with Gasteiger partial charge in [0.1, 0.15) is 11.3 Å². The van der Waals surface area contributed by atoms with Gasteiger partial charge in [-0.1, -0.05) is 5.57 Å². The number of amides is 1. The molecular formula is C15H20N4O2. The van der Waals surface area contributed by atoms with Crippen LogP contribution in [0.5, 0.6) is 0 Å². The number of carbonyl (C=O) groups excluding carboxylic acids is 1. The van der Waals surface area contributed by atoms with E-state index in [-0.39, 0.29) is 5.91 Å². The summed E-state index contributed by atoms with van der Waals surface area (Å²) in [4.78, 5) is 14.2. The molecule has 1 saturated heterocycles. The summed E-state index contributed by atoms with van der Waals surface area (Å²) in [5.74, 6) is 1.35. The van der Waals surface area contributed by atoms with E-state index in [0.717, 1.165) is 0 Å². The summed E-state index contributed by atoms with van der Waals surface area (Å²) in [5.41, 5.74) is 0.818. The lowest BCUT2D eigenvalue weighted by molar-refractivity contribution is -0.126. The van der Waals surface area contributed by atoms with Crippen LogP contribution in [0.2, 0.25) is 0 Å². The highest BCUT2D eigenvalue weighted by Gasteiger charge is 2.42. The van der Waals surface area contributed by atoms with Crippen LogP contribution in [0.3, 0.4) is 0 Å². The van der Waals surface area contributed by atoms with E-state index in [1.165, 1.54) is 37.5 Å².